The molecule has 0 amide bonds. The Morgan fingerprint density at radius 3 is 2.63 bits per heavy atom. The first-order valence-corrected chi connectivity index (χ1v) is 12.4. The number of aryl methyl sites for hydroxylation is 1. The lowest BCUT2D eigenvalue weighted by atomic mass is 10.00. The second-order valence-corrected chi connectivity index (χ2v) is 10.3. The zero-order chi connectivity index (χ0) is 27.2. The number of para-hydroxylation sites is 1. The molecule has 0 bridgehead atoms. The van der Waals surface area contributed by atoms with Crippen LogP contribution in [-0.2, 0) is 6.54 Å². The van der Waals surface area contributed by atoms with Gasteiger partial charge >= 0.3 is 5.97 Å². The maximum atomic E-state index is 13.2. The number of benzene rings is 3. The molecule has 8 nitrogen and oxygen atoms in total. The lowest BCUT2D eigenvalue weighted by Gasteiger charge is -2.19. The number of nitrogens with one attached hydrogen (secondary N) is 1. The molecule has 8 heteroatoms. The minimum absolute atomic E-state index is 0.164. The summed E-state index contributed by atoms with van der Waals surface area (Å²) >= 11 is 0. The summed E-state index contributed by atoms with van der Waals surface area (Å²) in [6.45, 7) is 7.62. The number of fused-ring (bicyclic) bond motifs is 2. The Bertz CT molecular complexity index is 1740. The fourth-order valence-corrected chi connectivity index (χ4v) is 4.71. The van der Waals surface area contributed by atoms with Crippen molar-refractivity contribution in [2.24, 2.45) is 0 Å². The molecular weight excluding hydrogens is 482 g/mol. The number of carbonyl (C=O) groups is 1. The molecule has 0 radical (unpaired) electrons. The van der Waals surface area contributed by atoms with Gasteiger partial charge in [-0.05, 0) is 69.7 Å². The third-order valence-corrected chi connectivity index (χ3v) is 6.38. The maximum Gasteiger partial charge on any atom is 0.337 e. The number of nitrogens with zero attached hydrogens (tertiary/aromatic N) is 2. The van der Waals surface area contributed by atoms with Gasteiger partial charge in [-0.1, -0.05) is 18.2 Å². The van der Waals surface area contributed by atoms with E-state index in [0.29, 0.717) is 29.0 Å². The summed E-state index contributed by atoms with van der Waals surface area (Å²) in [5.41, 5.74) is 3.17. The summed E-state index contributed by atoms with van der Waals surface area (Å²) in [5.74, 6) is -0.604. The fraction of sp³-hybridized carbons (Fsp3) is 0.233. The van der Waals surface area contributed by atoms with Crippen molar-refractivity contribution >= 4 is 33.5 Å². The molecule has 194 valence electrons. The molecule has 0 saturated heterocycles. The average molecular weight is 512 g/mol. The van der Waals surface area contributed by atoms with E-state index >= 15 is 0 Å². The molecule has 1 atom stereocenters. The zero-order valence-corrected chi connectivity index (χ0v) is 21.6. The summed E-state index contributed by atoms with van der Waals surface area (Å²) in [7, 11) is 0. The Morgan fingerprint density at radius 2 is 1.89 bits per heavy atom. The molecular formula is C30H29N3O5. The fourth-order valence-electron chi connectivity index (χ4n) is 4.71. The molecule has 3 N–H and O–H groups in total. The van der Waals surface area contributed by atoms with Gasteiger partial charge in [-0.3, -0.25) is 9.48 Å². The smallest absolute Gasteiger partial charge is 0.337 e. The Labute approximate surface area is 219 Å². The van der Waals surface area contributed by atoms with Crippen LogP contribution in [0.4, 0.5) is 5.69 Å². The summed E-state index contributed by atoms with van der Waals surface area (Å²) in [5, 5.41) is 28.8. The van der Waals surface area contributed by atoms with Crippen molar-refractivity contribution < 1.29 is 19.4 Å². The van der Waals surface area contributed by atoms with Crippen molar-refractivity contribution in [2.45, 2.75) is 45.9 Å². The van der Waals surface area contributed by atoms with Gasteiger partial charge in [0, 0.05) is 34.5 Å². The van der Waals surface area contributed by atoms with Gasteiger partial charge in [0.25, 0.3) is 0 Å². The van der Waals surface area contributed by atoms with Crippen molar-refractivity contribution in [3.8, 4) is 11.3 Å². The monoisotopic (exact) mass is 511 g/mol. The van der Waals surface area contributed by atoms with Crippen LogP contribution in [0.2, 0.25) is 0 Å². The molecule has 0 aliphatic carbocycles. The van der Waals surface area contributed by atoms with E-state index in [1.165, 1.54) is 6.07 Å². The largest absolute Gasteiger partial charge is 0.478 e. The lowest BCUT2D eigenvalue weighted by Crippen LogP contribution is -2.26. The highest BCUT2D eigenvalue weighted by Gasteiger charge is 2.19. The number of aromatic carboxylic acids is 1. The van der Waals surface area contributed by atoms with E-state index in [1.54, 1.807) is 48.9 Å². The third-order valence-electron chi connectivity index (χ3n) is 6.38. The number of carboxylic acid groups (broad SMARTS) is 1. The second kappa shape index (κ2) is 9.46. The summed E-state index contributed by atoms with van der Waals surface area (Å²) in [6, 6.07) is 17.2. The molecule has 0 spiro atoms. The predicted molar refractivity (Wildman–Crippen MR) is 148 cm³/mol. The number of anilines is 1. The first-order chi connectivity index (χ1) is 18.0. The highest BCUT2D eigenvalue weighted by molar-refractivity contribution is 5.94. The normalized spacial score (nSPS) is 12.7. The van der Waals surface area contributed by atoms with E-state index in [9.17, 15) is 19.8 Å². The van der Waals surface area contributed by atoms with Crippen LogP contribution in [0, 0.1) is 6.92 Å². The standard InChI is InChI=1S/C30H29N3O5/c1-17-11-22(18(2)31-25-8-6-5-7-21(25)29(35)36)28-23(12-17)26(34)14-27(38-28)19-9-10-24-20(13-19)15-33(32-24)16-30(3,4)37/h5-15,18,31,37H,16H2,1-4H3,(H,35,36). The molecule has 2 heterocycles. The SMILES string of the molecule is Cc1cc(C(C)Nc2ccccc2C(=O)O)c2oc(-c3ccc4nn(CC(C)(C)O)cc4c3)cc(=O)c2c1. The van der Waals surface area contributed by atoms with E-state index in [2.05, 4.69) is 10.4 Å². The second-order valence-electron chi connectivity index (χ2n) is 10.3. The Kier molecular flexibility index (Phi) is 6.28. The minimum atomic E-state index is -1.02. The van der Waals surface area contributed by atoms with E-state index < -0.39 is 11.6 Å². The van der Waals surface area contributed by atoms with Gasteiger partial charge in [-0.15, -0.1) is 0 Å². The van der Waals surface area contributed by atoms with Crippen LogP contribution in [0.3, 0.4) is 0 Å². The average Bonchev–Trinajstić information content (AvgIpc) is 3.23. The third kappa shape index (κ3) is 5.03. The van der Waals surface area contributed by atoms with Gasteiger partial charge in [0.15, 0.2) is 5.43 Å². The quantitative estimate of drug-likeness (QED) is 0.254. The van der Waals surface area contributed by atoms with Gasteiger partial charge in [-0.25, -0.2) is 4.79 Å². The number of aliphatic hydroxyl groups is 1. The molecule has 5 aromatic rings. The first kappa shape index (κ1) is 25.2. The van der Waals surface area contributed by atoms with E-state index in [-0.39, 0.29) is 17.0 Å². The van der Waals surface area contributed by atoms with Crippen LogP contribution in [0.25, 0.3) is 33.2 Å². The van der Waals surface area contributed by atoms with Gasteiger partial charge in [-0.2, -0.15) is 5.10 Å². The van der Waals surface area contributed by atoms with Crippen LogP contribution in [0.1, 0.15) is 48.3 Å². The van der Waals surface area contributed by atoms with Crippen molar-refractivity contribution in [1.29, 1.82) is 0 Å². The number of rotatable bonds is 7. The highest BCUT2D eigenvalue weighted by Crippen LogP contribution is 2.32. The van der Waals surface area contributed by atoms with Crippen molar-refractivity contribution in [3.63, 3.8) is 0 Å². The number of carboxylic acids is 1. The van der Waals surface area contributed by atoms with Crippen molar-refractivity contribution in [2.75, 3.05) is 5.32 Å². The van der Waals surface area contributed by atoms with Crippen LogP contribution in [-0.4, -0.2) is 31.6 Å². The summed E-state index contributed by atoms with van der Waals surface area (Å²) in [4.78, 5) is 24.9. The van der Waals surface area contributed by atoms with Gasteiger partial charge in [0.2, 0.25) is 0 Å². The van der Waals surface area contributed by atoms with E-state index in [0.717, 1.165) is 27.6 Å². The van der Waals surface area contributed by atoms with Crippen molar-refractivity contribution in [3.05, 3.63) is 93.8 Å². The number of hydrogen-bond donors (Lipinski definition) is 3. The minimum Gasteiger partial charge on any atom is -0.478 e. The molecule has 0 aliphatic heterocycles. The zero-order valence-electron chi connectivity index (χ0n) is 21.6. The van der Waals surface area contributed by atoms with Gasteiger partial charge in [0.05, 0.1) is 34.7 Å². The van der Waals surface area contributed by atoms with Gasteiger partial charge in [0.1, 0.15) is 11.3 Å². The summed E-state index contributed by atoms with van der Waals surface area (Å²) < 4.78 is 8.07. The van der Waals surface area contributed by atoms with E-state index in [1.807, 2.05) is 44.3 Å². The predicted octanol–water partition coefficient (Wildman–Crippen LogP) is 5.76. The first-order valence-electron chi connectivity index (χ1n) is 12.4. The maximum absolute atomic E-state index is 13.2. The Balaban J connectivity index is 1.58. The molecule has 0 saturated carbocycles. The van der Waals surface area contributed by atoms with Gasteiger partial charge < -0.3 is 19.9 Å². The topological polar surface area (TPSA) is 118 Å². The molecule has 0 aliphatic rings. The molecule has 1 unspecified atom stereocenters. The number of aromatic nitrogens is 2. The molecule has 0 fully saturated rings. The number of hydrogen-bond acceptors (Lipinski definition) is 6. The van der Waals surface area contributed by atoms with Crippen LogP contribution in [0.5, 0.6) is 0 Å². The Hall–Kier alpha value is -4.43. The molecule has 38 heavy (non-hydrogen) atoms. The van der Waals surface area contributed by atoms with Crippen LogP contribution >= 0.6 is 0 Å². The molecule has 3 aromatic carbocycles. The highest BCUT2D eigenvalue weighted by atomic mass is 16.4. The Morgan fingerprint density at radius 1 is 1.13 bits per heavy atom. The molecule has 5 rings (SSSR count). The van der Waals surface area contributed by atoms with Crippen LogP contribution < -0.4 is 10.7 Å². The van der Waals surface area contributed by atoms with Crippen LogP contribution in [0.15, 0.2) is 76.1 Å². The van der Waals surface area contributed by atoms with E-state index in [4.69, 9.17) is 4.42 Å². The summed E-state index contributed by atoms with van der Waals surface area (Å²) in [6.07, 6.45) is 1.86. The van der Waals surface area contributed by atoms with Crippen molar-refractivity contribution in [1.82, 2.24) is 9.78 Å². The molecule has 2 aromatic heterocycles. The lowest BCUT2D eigenvalue weighted by molar-refractivity contribution is 0.0579.